The van der Waals surface area contributed by atoms with E-state index in [1.54, 1.807) is 42.7 Å². The average Bonchev–Trinajstić information content (AvgIpc) is 3.14. The molecule has 3 N–H and O–H groups in total. The Morgan fingerprint density at radius 1 is 1.04 bits per heavy atom. The van der Waals surface area contributed by atoms with E-state index >= 15 is 0 Å². The first kappa shape index (κ1) is 16.9. The van der Waals surface area contributed by atoms with Crippen LogP contribution in [0.4, 0.5) is 11.4 Å². The Kier molecular flexibility index (Phi) is 4.76. The van der Waals surface area contributed by atoms with Gasteiger partial charge in [0.25, 0.3) is 11.8 Å². The fourth-order valence-corrected chi connectivity index (χ4v) is 2.33. The van der Waals surface area contributed by atoms with Crippen molar-refractivity contribution in [1.29, 1.82) is 5.26 Å². The highest BCUT2D eigenvalue weighted by Gasteiger charge is 2.11. The summed E-state index contributed by atoms with van der Waals surface area (Å²) in [7, 11) is 0. The van der Waals surface area contributed by atoms with Crippen molar-refractivity contribution in [2.24, 2.45) is 0 Å². The smallest absolute Gasteiger partial charge is 0.257 e. The summed E-state index contributed by atoms with van der Waals surface area (Å²) >= 11 is 0. The minimum absolute atomic E-state index is 0.261. The maximum absolute atomic E-state index is 12.3. The number of anilines is 2. The van der Waals surface area contributed by atoms with Crippen LogP contribution in [0.3, 0.4) is 0 Å². The first-order chi connectivity index (χ1) is 12.6. The number of rotatable bonds is 4. The Morgan fingerprint density at radius 2 is 1.77 bits per heavy atom. The molecule has 26 heavy (non-hydrogen) atoms. The number of benzene rings is 1. The molecule has 0 aliphatic carbocycles. The van der Waals surface area contributed by atoms with Crippen LogP contribution >= 0.6 is 0 Å². The predicted octanol–water partition coefficient (Wildman–Crippen LogP) is 3.09. The maximum Gasteiger partial charge on any atom is 0.257 e. The minimum Gasteiger partial charge on any atom is -0.352 e. The number of nitriles is 1. The molecule has 0 aliphatic heterocycles. The molecule has 3 aromatic rings. The number of H-pyrrole nitrogens is 1. The van der Waals surface area contributed by atoms with Gasteiger partial charge in [0, 0.05) is 35.5 Å². The van der Waals surface area contributed by atoms with Crippen LogP contribution in [0.25, 0.3) is 0 Å². The molecule has 0 unspecified atom stereocenters. The minimum atomic E-state index is -0.349. The molecule has 7 nitrogen and oxygen atoms in total. The highest BCUT2D eigenvalue weighted by atomic mass is 16.2. The van der Waals surface area contributed by atoms with E-state index in [0.717, 1.165) is 5.56 Å². The number of aromatic amines is 1. The predicted molar refractivity (Wildman–Crippen MR) is 96.8 cm³/mol. The van der Waals surface area contributed by atoms with Gasteiger partial charge in [0.15, 0.2) is 0 Å². The standard InChI is InChI=1S/C19H15N5O2/c1-12-2-3-15(23-19(26)14-8-16(10-20)22-11-14)9-17(12)24-18(25)13-4-6-21-7-5-13/h2-9,11,22H,1H3,(H,23,26)(H,24,25). The molecule has 0 aliphatic rings. The van der Waals surface area contributed by atoms with Gasteiger partial charge >= 0.3 is 0 Å². The lowest BCUT2D eigenvalue weighted by Crippen LogP contribution is -2.14. The molecule has 0 saturated heterocycles. The second-order valence-corrected chi connectivity index (χ2v) is 5.59. The second-order valence-electron chi connectivity index (χ2n) is 5.59. The summed E-state index contributed by atoms with van der Waals surface area (Å²) in [6.45, 7) is 1.86. The zero-order valence-corrected chi connectivity index (χ0v) is 13.9. The number of carbonyl (C=O) groups excluding carboxylic acids is 2. The largest absolute Gasteiger partial charge is 0.352 e. The third kappa shape index (κ3) is 3.76. The van der Waals surface area contributed by atoms with E-state index in [1.165, 1.54) is 12.3 Å². The summed E-state index contributed by atoms with van der Waals surface area (Å²) in [6.07, 6.45) is 4.56. The summed E-state index contributed by atoms with van der Waals surface area (Å²) < 4.78 is 0. The van der Waals surface area contributed by atoms with Crippen molar-refractivity contribution in [1.82, 2.24) is 9.97 Å². The van der Waals surface area contributed by atoms with Gasteiger partial charge in [-0.3, -0.25) is 14.6 Å². The van der Waals surface area contributed by atoms with Crippen molar-refractivity contribution in [3.8, 4) is 6.07 Å². The normalized spacial score (nSPS) is 10.0. The Hall–Kier alpha value is -3.92. The van der Waals surface area contributed by atoms with Gasteiger partial charge in [0.05, 0.1) is 5.56 Å². The van der Waals surface area contributed by atoms with E-state index in [4.69, 9.17) is 5.26 Å². The van der Waals surface area contributed by atoms with Crippen LogP contribution in [0.2, 0.25) is 0 Å². The molecular formula is C19H15N5O2. The Morgan fingerprint density at radius 3 is 2.46 bits per heavy atom. The van der Waals surface area contributed by atoms with Crippen LogP contribution < -0.4 is 10.6 Å². The summed E-state index contributed by atoms with van der Waals surface area (Å²) in [4.78, 5) is 31.1. The van der Waals surface area contributed by atoms with Gasteiger partial charge in [-0.05, 0) is 42.8 Å². The Balaban J connectivity index is 1.76. The van der Waals surface area contributed by atoms with E-state index in [9.17, 15) is 9.59 Å². The zero-order valence-electron chi connectivity index (χ0n) is 13.9. The lowest BCUT2D eigenvalue weighted by molar-refractivity contribution is 0.101. The van der Waals surface area contributed by atoms with E-state index in [2.05, 4.69) is 20.6 Å². The first-order valence-electron chi connectivity index (χ1n) is 7.79. The number of hydrogen-bond donors (Lipinski definition) is 3. The van der Waals surface area contributed by atoms with Gasteiger partial charge in [0.1, 0.15) is 11.8 Å². The van der Waals surface area contributed by atoms with E-state index in [0.29, 0.717) is 28.2 Å². The monoisotopic (exact) mass is 345 g/mol. The summed E-state index contributed by atoms with van der Waals surface area (Å²) in [5, 5.41) is 14.4. The third-order valence-corrected chi connectivity index (χ3v) is 3.75. The number of nitrogens with zero attached hydrogens (tertiary/aromatic N) is 2. The second kappa shape index (κ2) is 7.32. The number of pyridine rings is 1. The molecule has 2 amide bonds. The molecule has 1 aromatic carbocycles. The van der Waals surface area contributed by atoms with Crippen molar-refractivity contribution >= 4 is 23.2 Å². The highest BCUT2D eigenvalue weighted by molar-refractivity contribution is 6.06. The molecule has 0 bridgehead atoms. The first-order valence-corrected chi connectivity index (χ1v) is 7.79. The van der Waals surface area contributed by atoms with Crippen LogP contribution in [0.1, 0.15) is 32.0 Å². The molecule has 0 radical (unpaired) electrons. The molecule has 7 heteroatoms. The molecule has 0 spiro atoms. The van der Waals surface area contributed by atoms with Crippen LogP contribution in [-0.4, -0.2) is 21.8 Å². The fourth-order valence-electron chi connectivity index (χ4n) is 2.33. The fraction of sp³-hybridized carbons (Fsp3) is 0.0526. The summed E-state index contributed by atoms with van der Waals surface area (Å²) in [5.74, 6) is -0.610. The quantitative estimate of drug-likeness (QED) is 0.674. The van der Waals surface area contributed by atoms with Crippen molar-refractivity contribution in [3.63, 3.8) is 0 Å². The zero-order chi connectivity index (χ0) is 18.5. The van der Waals surface area contributed by atoms with Gasteiger partial charge in [-0.1, -0.05) is 6.07 Å². The van der Waals surface area contributed by atoms with E-state index in [-0.39, 0.29) is 11.8 Å². The van der Waals surface area contributed by atoms with Crippen LogP contribution in [0.5, 0.6) is 0 Å². The van der Waals surface area contributed by atoms with Gasteiger partial charge in [0.2, 0.25) is 0 Å². The van der Waals surface area contributed by atoms with E-state index in [1.807, 2.05) is 13.0 Å². The molecule has 128 valence electrons. The lowest BCUT2D eigenvalue weighted by atomic mass is 10.1. The highest BCUT2D eigenvalue weighted by Crippen LogP contribution is 2.21. The Labute approximate surface area is 149 Å². The molecule has 3 rings (SSSR count). The van der Waals surface area contributed by atoms with Gasteiger partial charge in [-0.2, -0.15) is 5.26 Å². The summed E-state index contributed by atoms with van der Waals surface area (Å²) in [5.41, 5.74) is 3.14. The maximum atomic E-state index is 12.3. The molecule has 0 saturated carbocycles. The van der Waals surface area contributed by atoms with Gasteiger partial charge in [-0.15, -0.1) is 0 Å². The van der Waals surface area contributed by atoms with Crippen LogP contribution in [0, 0.1) is 18.3 Å². The van der Waals surface area contributed by atoms with Gasteiger partial charge in [-0.25, -0.2) is 0 Å². The average molecular weight is 345 g/mol. The SMILES string of the molecule is Cc1ccc(NC(=O)c2c[nH]c(C#N)c2)cc1NC(=O)c1ccncc1. The van der Waals surface area contributed by atoms with E-state index < -0.39 is 0 Å². The lowest BCUT2D eigenvalue weighted by Gasteiger charge is -2.11. The number of carbonyl (C=O) groups is 2. The number of nitrogens with one attached hydrogen (secondary N) is 3. The number of amides is 2. The summed E-state index contributed by atoms with van der Waals surface area (Å²) in [6, 6.07) is 11.9. The third-order valence-electron chi connectivity index (χ3n) is 3.75. The molecule has 0 fully saturated rings. The van der Waals surface area contributed by atoms with Crippen molar-refractivity contribution < 1.29 is 9.59 Å². The molecule has 0 atom stereocenters. The van der Waals surface area contributed by atoms with Crippen LogP contribution in [0.15, 0.2) is 55.0 Å². The van der Waals surface area contributed by atoms with Gasteiger partial charge < -0.3 is 15.6 Å². The number of hydrogen-bond acceptors (Lipinski definition) is 4. The topological polar surface area (TPSA) is 111 Å². The van der Waals surface area contributed by atoms with Crippen LogP contribution in [-0.2, 0) is 0 Å². The van der Waals surface area contributed by atoms with Crippen molar-refractivity contribution in [3.05, 3.63) is 77.4 Å². The van der Waals surface area contributed by atoms with Crippen molar-refractivity contribution in [2.45, 2.75) is 6.92 Å². The molecule has 2 aromatic heterocycles. The number of aryl methyl sites for hydroxylation is 1. The Bertz CT molecular complexity index is 1000. The molecular weight excluding hydrogens is 330 g/mol. The number of aromatic nitrogens is 2. The van der Waals surface area contributed by atoms with Crippen molar-refractivity contribution in [2.75, 3.05) is 10.6 Å². The molecule has 2 heterocycles.